The van der Waals surface area contributed by atoms with E-state index >= 15 is 0 Å². The van der Waals surface area contributed by atoms with Crippen molar-refractivity contribution in [3.63, 3.8) is 0 Å². The van der Waals surface area contributed by atoms with Crippen LogP contribution in [0.15, 0.2) is 66.7 Å². The summed E-state index contributed by atoms with van der Waals surface area (Å²) in [6, 6.07) is 21.1. The fourth-order valence-electron chi connectivity index (χ4n) is 2.80. The maximum Gasteiger partial charge on any atom is 0.276 e. The standard InChI is InChI=1S/C22H24N4O2/c1-16(2)26(15-17-8-5-4-6-9-17)21-13-12-20(24-25-21)22(27)23-18-10-7-11-19(14-18)28-3/h4-14,16H,15H2,1-3H3,(H,23,27). The summed E-state index contributed by atoms with van der Waals surface area (Å²) in [5.74, 6) is 1.09. The predicted octanol–water partition coefficient (Wildman–Crippen LogP) is 4.15. The van der Waals surface area contributed by atoms with E-state index in [0.29, 0.717) is 11.4 Å². The van der Waals surface area contributed by atoms with E-state index in [1.54, 1.807) is 25.3 Å². The lowest BCUT2D eigenvalue weighted by Crippen LogP contribution is -2.31. The van der Waals surface area contributed by atoms with Gasteiger partial charge in [0.25, 0.3) is 5.91 Å². The molecule has 0 atom stereocenters. The average Bonchev–Trinajstić information content (AvgIpc) is 2.73. The maximum absolute atomic E-state index is 12.5. The van der Waals surface area contributed by atoms with Gasteiger partial charge in [-0.05, 0) is 43.7 Å². The van der Waals surface area contributed by atoms with Crippen LogP contribution in [-0.4, -0.2) is 29.3 Å². The molecule has 28 heavy (non-hydrogen) atoms. The van der Waals surface area contributed by atoms with Crippen molar-refractivity contribution in [1.29, 1.82) is 0 Å². The first-order valence-corrected chi connectivity index (χ1v) is 9.16. The van der Waals surface area contributed by atoms with Crippen LogP contribution in [0.4, 0.5) is 11.5 Å². The topological polar surface area (TPSA) is 67.3 Å². The molecule has 3 rings (SSSR count). The summed E-state index contributed by atoms with van der Waals surface area (Å²) in [4.78, 5) is 14.6. The third-order valence-corrected chi connectivity index (χ3v) is 4.32. The number of hydrogen-bond donors (Lipinski definition) is 1. The first kappa shape index (κ1) is 19.4. The largest absolute Gasteiger partial charge is 0.497 e. The summed E-state index contributed by atoms with van der Waals surface area (Å²) in [6.07, 6.45) is 0. The number of benzene rings is 2. The number of amides is 1. The summed E-state index contributed by atoms with van der Waals surface area (Å²) in [5.41, 5.74) is 2.09. The predicted molar refractivity (Wildman–Crippen MR) is 111 cm³/mol. The lowest BCUT2D eigenvalue weighted by Gasteiger charge is -2.27. The molecule has 0 fully saturated rings. The zero-order valence-corrected chi connectivity index (χ0v) is 16.3. The van der Waals surface area contributed by atoms with E-state index in [2.05, 4.69) is 46.4 Å². The molecule has 3 aromatic rings. The minimum Gasteiger partial charge on any atom is -0.497 e. The first-order valence-electron chi connectivity index (χ1n) is 9.16. The molecule has 1 aromatic heterocycles. The van der Waals surface area contributed by atoms with E-state index in [1.165, 1.54) is 5.56 Å². The molecule has 0 bridgehead atoms. The highest BCUT2D eigenvalue weighted by Crippen LogP contribution is 2.19. The molecule has 2 aromatic carbocycles. The van der Waals surface area contributed by atoms with Gasteiger partial charge in [-0.2, -0.15) is 0 Å². The summed E-state index contributed by atoms with van der Waals surface area (Å²) >= 11 is 0. The minimum absolute atomic E-state index is 0.242. The van der Waals surface area contributed by atoms with Gasteiger partial charge in [0.05, 0.1) is 7.11 Å². The Bertz CT molecular complexity index is 911. The number of nitrogens with zero attached hydrogens (tertiary/aromatic N) is 3. The lowest BCUT2D eigenvalue weighted by molar-refractivity contribution is 0.102. The fourth-order valence-corrected chi connectivity index (χ4v) is 2.80. The van der Waals surface area contributed by atoms with E-state index in [4.69, 9.17) is 4.74 Å². The van der Waals surface area contributed by atoms with Crippen molar-refractivity contribution in [3.8, 4) is 5.75 Å². The normalized spacial score (nSPS) is 10.6. The maximum atomic E-state index is 12.5. The van der Waals surface area contributed by atoms with Gasteiger partial charge in [-0.25, -0.2) is 0 Å². The first-order chi connectivity index (χ1) is 13.6. The van der Waals surface area contributed by atoms with E-state index in [1.807, 2.05) is 36.4 Å². The molecular weight excluding hydrogens is 352 g/mol. The van der Waals surface area contributed by atoms with Crippen LogP contribution in [0.5, 0.6) is 5.75 Å². The molecule has 0 aliphatic carbocycles. The third-order valence-electron chi connectivity index (χ3n) is 4.32. The number of ether oxygens (including phenoxy) is 1. The van der Waals surface area contributed by atoms with Gasteiger partial charge < -0.3 is 15.0 Å². The van der Waals surface area contributed by atoms with E-state index in [9.17, 15) is 4.79 Å². The Balaban J connectivity index is 1.72. The number of anilines is 2. The van der Waals surface area contributed by atoms with Crippen LogP contribution >= 0.6 is 0 Å². The molecule has 1 amide bonds. The molecule has 0 saturated carbocycles. The molecule has 0 unspecified atom stereocenters. The summed E-state index contributed by atoms with van der Waals surface area (Å²) in [7, 11) is 1.58. The van der Waals surface area contributed by atoms with Crippen LogP contribution in [0, 0.1) is 0 Å². The van der Waals surface area contributed by atoms with Crippen molar-refractivity contribution in [2.75, 3.05) is 17.3 Å². The smallest absolute Gasteiger partial charge is 0.276 e. The Labute approximate surface area is 165 Å². The number of carbonyl (C=O) groups excluding carboxylic acids is 1. The van der Waals surface area contributed by atoms with Crippen molar-refractivity contribution in [2.45, 2.75) is 26.4 Å². The SMILES string of the molecule is COc1cccc(NC(=O)c2ccc(N(Cc3ccccc3)C(C)C)nn2)c1. The van der Waals surface area contributed by atoms with Crippen molar-refractivity contribution >= 4 is 17.4 Å². The Morgan fingerprint density at radius 3 is 2.46 bits per heavy atom. The van der Waals surface area contributed by atoms with Gasteiger partial charge >= 0.3 is 0 Å². The molecule has 1 heterocycles. The van der Waals surface area contributed by atoms with Gasteiger partial charge in [-0.3, -0.25) is 4.79 Å². The summed E-state index contributed by atoms with van der Waals surface area (Å²) < 4.78 is 5.17. The van der Waals surface area contributed by atoms with Crippen molar-refractivity contribution in [2.24, 2.45) is 0 Å². The van der Waals surface area contributed by atoms with Crippen LogP contribution in [0.25, 0.3) is 0 Å². The van der Waals surface area contributed by atoms with Gasteiger partial charge in [0, 0.05) is 24.3 Å². The van der Waals surface area contributed by atoms with Crippen LogP contribution in [-0.2, 0) is 6.54 Å². The second kappa shape index (κ2) is 8.99. The number of hydrogen-bond acceptors (Lipinski definition) is 5. The molecular formula is C22H24N4O2. The molecule has 1 N–H and O–H groups in total. The Morgan fingerprint density at radius 1 is 1.04 bits per heavy atom. The minimum atomic E-state index is -0.313. The second-order valence-corrected chi connectivity index (χ2v) is 6.67. The lowest BCUT2D eigenvalue weighted by atomic mass is 10.2. The molecule has 0 saturated heterocycles. The van der Waals surface area contributed by atoms with Crippen molar-refractivity contribution in [3.05, 3.63) is 78.0 Å². The molecule has 6 heteroatoms. The summed E-state index contributed by atoms with van der Waals surface area (Å²) in [5, 5.41) is 11.2. The molecule has 144 valence electrons. The fraction of sp³-hybridized carbons (Fsp3) is 0.227. The van der Waals surface area contributed by atoms with E-state index in [-0.39, 0.29) is 17.6 Å². The number of carbonyl (C=O) groups is 1. The molecule has 6 nitrogen and oxygen atoms in total. The van der Waals surface area contributed by atoms with Crippen molar-refractivity contribution in [1.82, 2.24) is 10.2 Å². The van der Waals surface area contributed by atoms with Gasteiger partial charge in [0.15, 0.2) is 11.5 Å². The number of methoxy groups -OCH3 is 1. The van der Waals surface area contributed by atoms with E-state index in [0.717, 1.165) is 12.4 Å². The molecule has 0 radical (unpaired) electrons. The van der Waals surface area contributed by atoms with Gasteiger partial charge in [-0.15, -0.1) is 10.2 Å². The Kier molecular flexibility index (Phi) is 6.22. The Morgan fingerprint density at radius 2 is 1.82 bits per heavy atom. The molecule has 0 aliphatic heterocycles. The van der Waals surface area contributed by atoms with Crippen LogP contribution in [0.3, 0.4) is 0 Å². The number of aromatic nitrogens is 2. The number of nitrogens with one attached hydrogen (secondary N) is 1. The highest BCUT2D eigenvalue weighted by Gasteiger charge is 2.15. The quantitative estimate of drug-likeness (QED) is 0.671. The zero-order chi connectivity index (χ0) is 19.9. The highest BCUT2D eigenvalue weighted by atomic mass is 16.5. The van der Waals surface area contributed by atoms with E-state index < -0.39 is 0 Å². The highest BCUT2D eigenvalue weighted by molar-refractivity contribution is 6.02. The second-order valence-electron chi connectivity index (χ2n) is 6.67. The van der Waals surface area contributed by atoms with Crippen LogP contribution in [0.1, 0.15) is 29.9 Å². The molecule has 0 spiro atoms. The van der Waals surface area contributed by atoms with Crippen LogP contribution < -0.4 is 15.0 Å². The van der Waals surface area contributed by atoms with Crippen LogP contribution in [0.2, 0.25) is 0 Å². The van der Waals surface area contributed by atoms with Gasteiger partial charge in [0.1, 0.15) is 5.75 Å². The van der Waals surface area contributed by atoms with Gasteiger partial charge in [-0.1, -0.05) is 36.4 Å². The van der Waals surface area contributed by atoms with Crippen molar-refractivity contribution < 1.29 is 9.53 Å². The monoisotopic (exact) mass is 376 g/mol. The number of rotatable bonds is 7. The van der Waals surface area contributed by atoms with Gasteiger partial charge in [0.2, 0.25) is 0 Å². The zero-order valence-electron chi connectivity index (χ0n) is 16.3. The summed E-state index contributed by atoms with van der Waals surface area (Å²) in [6.45, 7) is 4.94. The Hall–Kier alpha value is -3.41. The third kappa shape index (κ3) is 4.85. The molecule has 0 aliphatic rings. The average molecular weight is 376 g/mol.